The summed E-state index contributed by atoms with van der Waals surface area (Å²) in [4.78, 5) is 5.05. The molecule has 0 radical (unpaired) electrons. The molecule has 1 N–H and O–H groups in total. The van der Waals surface area contributed by atoms with Crippen molar-refractivity contribution in [3.63, 3.8) is 0 Å². The lowest BCUT2D eigenvalue weighted by Crippen LogP contribution is -2.55. The molecule has 0 aromatic heterocycles. The summed E-state index contributed by atoms with van der Waals surface area (Å²) in [6.07, 6.45) is 0.878. The molecule has 0 aliphatic carbocycles. The topological polar surface area (TPSA) is 26.7 Å². The zero-order valence-electron chi connectivity index (χ0n) is 13.0. The number of hydrogen-bond acceptors (Lipinski definition) is 3. The predicted molar refractivity (Wildman–Crippen MR) is 83.8 cm³/mol. The summed E-state index contributed by atoms with van der Waals surface area (Å²) in [6, 6.07) is 9.87. The first kappa shape index (κ1) is 15.5. The molecule has 0 unspecified atom stereocenters. The monoisotopic (exact) mass is 276 g/mol. The Balaban J connectivity index is 1.95. The molecule has 3 nitrogen and oxygen atoms in total. The van der Waals surface area contributed by atoms with Crippen molar-refractivity contribution in [1.82, 2.24) is 9.80 Å². The first-order valence-electron chi connectivity index (χ1n) is 7.74. The molecule has 1 aromatic rings. The number of benzene rings is 1. The van der Waals surface area contributed by atoms with Crippen LogP contribution in [0.2, 0.25) is 0 Å². The minimum atomic E-state index is 0.284. The van der Waals surface area contributed by atoms with Crippen molar-refractivity contribution < 1.29 is 5.11 Å². The van der Waals surface area contributed by atoms with Gasteiger partial charge in [0.2, 0.25) is 0 Å². The van der Waals surface area contributed by atoms with Crippen LogP contribution in [0.5, 0.6) is 0 Å². The largest absolute Gasteiger partial charge is 0.396 e. The highest BCUT2D eigenvalue weighted by molar-refractivity contribution is 5.21. The molecule has 1 aliphatic rings. The Morgan fingerprint density at radius 1 is 1.20 bits per heavy atom. The standard InChI is InChI=1S/C17H28N2O/c1-14(2)19-10-9-18(13-17(19)8-11-20)12-16-6-4-15(3)5-7-16/h4-7,14,17,20H,8-13H2,1-3H3/t17-/m0/s1. The van der Waals surface area contributed by atoms with Crippen molar-refractivity contribution in [3.8, 4) is 0 Å². The molecule has 0 bridgehead atoms. The second kappa shape index (κ2) is 7.21. The van der Waals surface area contributed by atoms with E-state index in [1.54, 1.807) is 0 Å². The first-order chi connectivity index (χ1) is 9.60. The first-order valence-corrected chi connectivity index (χ1v) is 7.74. The van der Waals surface area contributed by atoms with Gasteiger partial charge in [-0.3, -0.25) is 9.80 Å². The van der Waals surface area contributed by atoms with E-state index in [0.29, 0.717) is 12.1 Å². The van der Waals surface area contributed by atoms with Crippen LogP contribution in [-0.4, -0.2) is 53.2 Å². The van der Waals surface area contributed by atoms with Crippen molar-refractivity contribution in [2.75, 3.05) is 26.2 Å². The minimum Gasteiger partial charge on any atom is -0.396 e. The zero-order valence-corrected chi connectivity index (χ0v) is 13.0. The lowest BCUT2D eigenvalue weighted by molar-refractivity contribution is 0.0349. The maximum absolute atomic E-state index is 9.28. The van der Waals surface area contributed by atoms with Crippen LogP contribution >= 0.6 is 0 Å². The van der Waals surface area contributed by atoms with Gasteiger partial charge in [-0.05, 0) is 32.8 Å². The lowest BCUT2D eigenvalue weighted by atomic mass is 10.1. The van der Waals surface area contributed by atoms with Crippen LogP contribution in [0, 0.1) is 6.92 Å². The second-order valence-electron chi connectivity index (χ2n) is 6.22. The van der Waals surface area contributed by atoms with Crippen LogP contribution in [0.4, 0.5) is 0 Å². The molecule has 0 saturated carbocycles. The number of hydrogen-bond donors (Lipinski definition) is 1. The van der Waals surface area contributed by atoms with Crippen LogP contribution < -0.4 is 0 Å². The summed E-state index contributed by atoms with van der Waals surface area (Å²) in [7, 11) is 0. The molecule has 1 atom stereocenters. The SMILES string of the molecule is Cc1ccc(CN2CCN(C(C)C)[C@@H](CCO)C2)cc1. The Labute approximate surface area is 123 Å². The third-order valence-electron chi connectivity index (χ3n) is 4.26. The summed E-state index contributed by atoms with van der Waals surface area (Å²) >= 11 is 0. The zero-order chi connectivity index (χ0) is 14.5. The van der Waals surface area contributed by atoms with E-state index in [1.807, 2.05) is 0 Å². The molecular weight excluding hydrogens is 248 g/mol. The predicted octanol–water partition coefficient (Wildman–Crippen LogP) is 2.27. The maximum Gasteiger partial charge on any atom is 0.0446 e. The van der Waals surface area contributed by atoms with E-state index in [-0.39, 0.29) is 6.61 Å². The molecule has 1 heterocycles. The molecule has 2 rings (SSSR count). The average Bonchev–Trinajstić information content (AvgIpc) is 2.42. The molecule has 1 aromatic carbocycles. The van der Waals surface area contributed by atoms with E-state index >= 15 is 0 Å². The molecule has 3 heteroatoms. The Morgan fingerprint density at radius 3 is 2.50 bits per heavy atom. The fourth-order valence-corrected chi connectivity index (χ4v) is 3.11. The molecule has 1 saturated heterocycles. The Morgan fingerprint density at radius 2 is 1.90 bits per heavy atom. The number of nitrogens with zero attached hydrogens (tertiary/aromatic N) is 2. The van der Waals surface area contributed by atoms with Crippen LogP contribution in [0.1, 0.15) is 31.4 Å². The van der Waals surface area contributed by atoms with Gasteiger partial charge in [0.15, 0.2) is 0 Å². The van der Waals surface area contributed by atoms with E-state index in [1.165, 1.54) is 11.1 Å². The van der Waals surface area contributed by atoms with E-state index in [4.69, 9.17) is 0 Å². The maximum atomic E-state index is 9.28. The molecule has 0 spiro atoms. The van der Waals surface area contributed by atoms with Crippen LogP contribution in [0.25, 0.3) is 0 Å². The van der Waals surface area contributed by atoms with Gasteiger partial charge >= 0.3 is 0 Å². The summed E-state index contributed by atoms with van der Waals surface area (Å²) in [6.45, 7) is 11.2. The highest BCUT2D eigenvalue weighted by Gasteiger charge is 2.27. The van der Waals surface area contributed by atoms with E-state index in [9.17, 15) is 5.11 Å². The van der Waals surface area contributed by atoms with Gasteiger partial charge in [-0.1, -0.05) is 29.8 Å². The van der Waals surface area contributed by atoms with Crippen LogP contribution in [0.15, 0.2) is 24.3 Å². The summed E-state index contributed by atoms with van der Waals surface area (Å²) in [5.74, 6) is 0. The lowest BCUT2D eigenvalue weighted by Gasteiger charge is -2.43. The van der Waals surface area contributed by atoms with Crippen molar-refractivity contribution in [3.05, 3.63) is 35.4 Å². The van der Waals surface area contributed by atoms with Gasteiger partial charge in [-0.25, -0.2) is 0 Å². The van der Waals surface area contributed by atoms with Gasteiger partial charge in [0.05, 0.1) is 0 Å². The number of aliphatic hydroxyl groups is 1. The van der Waals surface area contributed by atoms with E-state index in [0.717, 1.165) is 32.6 Å². The van der Waals surface area contributed by atoms with Crippen molar-refractivity contribution in [2.24, 2.45) is 0 Å². The second-order valence-corrected chi connectivity index (χ2v) is 6.22. The third-order valence-corrected chi connectivity index (χ3v) is 4.26. The smallest absolute Gasteiger partial charge is 0.0446 e. The number of aryl methyl sites for hydroxylation is 1. The highest BCUT2D eigenvalue weighted by atomic mass is 16.3. The molecule has 1 aliphatic heterocycles. The van der Waals surface area contributed by atoms with E-state index in [2.05, 4.69) is 54.8 Å². The van der Waals surface area contributed by atoms with Crippen molar-refractivity contribution in [2.45, 2.75) is 45.8 Å². The van der Waals surface area contributed by atoms with Gasteiger partial charge in [0.1, 0.15) is 0 Å². The third kappa shape index (κ3) is 4.05. The summed E-state index contributed by atoms with van der Waals surface area (Å²) < 4.78 is 0. The van der Waals surface area contributed by atoms with E-state index < -0.39 is 0 Å². The summed E-state index contributed by atoms with van der Waals surface area (Å²) in [5.41, 5.74) is 2.70. The Hall–Kier alpha value is -0.900. The fourth-order valence-electron chi connectivity index (χ4n) is 3.11. The Bertz CT molecular complexity index is 402. The molecule has 112 valence electrons. The molecule has 20 heavy (non-hydrogen) atoms. The normalized spacial score (nSPS) is 21.6. The number of aliphatic hydroxyl groups excluding tert-OH is 1. The average molecular weight is 276 g/mol. The van der Waals surface area contributed by atoms with Crippen molar-refractivity contribution in [1.29, 1.82) is 0 Å². The van der Waals surface area contributed by atoms with Gasteiger partial charge in [0, 0.05) is 44.9 Å². The Kier molecular flexibility index (Phi) is 5.58. The van der Waals surface area contributed by atoms with Gasteiger partial charge in [-0.15, -0.1) is 0 Å². The highest BCUT2D eigenvalue weighted by Crippen LogP contribution is 2.18. The molecule has 0 amide bonds. The van der Waals surface area contributed by atoms with Crippen LogP contribution in [-0.2, 0) is 6.54 Å². The number of rotatable bonds is 5. The van der Waals surface area contributed by atoms with Gasteiger partial charge in [0.25, 0.3) is 0 Å². The fraction of sp³-hybridized carbons (Fsp3) is 0.647. The van der Waals surface area contributed by atoms with Crippen LogP contribution in [0.3, 0.4) is 0 Å². The molecule has 1 fully saturated rings. The summed E-state index contributed by atoms with van der Waals surface area (Å²) in [5, 5.41) is 9.28. The van der Waals surface area contributed by atoms with Gasteiger partial charge < -0.3 is 5.11 Å². The quantitative estimate of drug-likeness (QED) is 0.894. The number of piperazine rings is 1. The minimum absolute atomic E-state index is 0.284. The van der Waals surface area contributed by atoms with Gasteiger partial charge in [-0.2, -0.15) is 0 Å². The molecular formula is C17H28N2O. The van der Waals surface area contributed by atoms with Crippen molar-refractivity contribution >= 4 is 0 Å².